The summed E-state index contributed by atoms with van der Waals surface area (Å²) in [5.41, 5.74) is 3.12. The summed E-state index contributed by atoms with van der Waals surface area (Å²) in [6.07, 6.45) is 3.60. The minimum Gasteiger partial charge on any atom is -0.254 e. The Labute approximate surface area is 110 Å². The third-order valence-corrected chi connectivity index (χ3v) is 3.24. The lowest BCUT2D eigenvalue weighted by Gasteiger charge is -2.21. The maximum absolute atomic E-state index is 4.48. The first kappa shape index (κ1) is 12.2. The fraction of sp³-hybridized carbons (Fsp3) is 0.286. The van der Waals surface area contributed by atoms with E-state index in [0.29, 0.717) is 0 Å². The molecule has 0 amide bonds. The van der Waals surface area contributed by atoms with Crippen molar-refractivity contribution in [3.8, 4) is 11.4 Å². The molecule has 2 nitrogen and oxygen atoms in total. The maximum atomic E-state index is 4.48. The van der Waals surface area contributed by atoms with E-state index in [1.54, 1.807) is 6.20 Å². The minimum atomic E-state index is 0.0561. The van der Waals surface area contributed by atoms with Gasteiger partial charge >= 0.3 is 0 Å². The first-order valence-electron chi connectivity index (χ1n) is 5.56. The van der Waals surface area contributed by atoms with Crippen molar-refractivity contribution in [2.45, 2.75) is 26.2 Å². The smallest absolute Gasteiger partial charge is 0.103 e. The molecule has 0 aliphatic heterocycles. The van der Waals surface area contributed by atoms with Crippen molar-refractivity contribution < 1.29 is 0 Å². The Morgan fingerprint density at radius 3 is 2.12 bits per heavy atom. The zero-order valence-corrected chi connectivity index (χ0v) is 11.8. The largest absolute Gasteiger partial charge is 0.254 e. The molecule has 0 radical (unpaired) electrons. The molecule has 0 aromatic carbocycles. The maximum Gasteiger partial charge on any atom is 0.103 e. The van der Waals surface area contributed by atoms with E-state index in [-0.39, 0.29) is 5.41 Å². The molecular weight excluding hydrogens is 276 g/mol. The highest BCUT2D eigenvalue weighted by Gasteiger charge is 2.20. The van der Waals surface area contributed by atoms with Gasteiger partial charge in [-0.05, 0) is 45.1 Å². The van der Waals surface area contributed by atoms with Gasteiger partial charge in [0.05, 0.1) is 5.69 Å². The lowest BCUT2D eigenvalue weighted by atomic mass is 9.85. The van der Waals surface area contributed by atoms with Crippen LogP contribution in [0.5, 0.6) is 0 Å². The van der Waals surface area contributed by atoms with Crippen molar-refractivity contribution >= 4 is 15.9 Å². The van der Waals surface area contributed by atoms with Crippen molar-refractivity contribution in [1.82, 2.24) is 9.97 Å². The van der Waals surface area contributed by atoms with Gasteiger partial charge in [0.25, 0.3) is 0 Å². The molecule has 2 aromatic rings. The first-order valence-corrected chi connectivity index (χ1v) is 6.36. The summed E-state index contributed by atoms with van der Waals surface area (Å²) in [5, 5.41) is 0. The number of pyridine rings is 2. The van der Waals surface area contributed by atoms with Gasteiger partial charge in [-0.1, -0.05) is 26.8 Å². The monoisotopic (exact) mass is 290 g/mol. The molecule has 2 rings (SSSR count). The second-order valence-electron chi connectivity index (χ2n) is 4.98. The van der Waals surface area contributed by atoms with Crippen LogP contribution in [0.4, 0.5) is 0 Å². The van der Waals surface area contributed by atoms with Crippen molar-refractivity contribution in [2.75, 3.05) is 0 Å². The van der Waals surface area contributed by atoms with Crippen LogP contribution in [0.15, 0.2) is 41.1 Å². The van der Waals surface area contributed by atoms with E-state index in [0.717, 1.165) is 15.9 Å². The van der Waals surface area contributed by atoms with E-state index in [1.165, 1.54) is 5.56 Å². The highest BCUT2D eigenvalue weighted by atomic mass is 79.9. The molecule has 0 N–H and O–H groups in total. The molecule has 0 spiro atoms. The Balaban J connectivity index is 2.65. The minimum absolute atomic E-state index is 0.0561. The van der Waals surface area contributed by atoms with Crippen molar-refractivity contribution in [1.29, 1.82) is 0 Å². The molecule has 17 heavy (non-hydrogen) atoms. The van der Waals surface area contributed by atoms with E-state index >= 15 is 0 Å². The summed E-state index contributed by atoms with van der Waals surface area (Å²) >= 11 is 3.53. The molecular formula is C14H15BrN2. The predicted molar refractivity (Wildman–Crippen MR) is 73.9 cm³/mol. The van der Waals surface area contributed by atoms with Gasteiger partial charge < -0.3 is 0 Å². The van der Waals surface area contributed by atoms with Gasteiger partial charge in [-0.25, -0.2) is 0 Å². The van der Waals surface area contributed by atoms with Crippen LogP contribution in [-0.4, -0.2) is 9.97 Å². The number of nitrogens with zero attached hydrogens (tertiary/aromatic N) is 2. The van der Waals surface area contributed by atoms with Crippen molar-refractivity contribution in [3.63, 3.8) is 0 Å². The molecule has 2 heterocycles. The Morgan fingerprint density at radius 2 is 1.53 bits per heavy atom. The number of hydrogen-bond acceptors (Lipinski definition) is 2. The van der Waals surface area contributed by atoms with E-state index in [4.69, 9.17) is 0 Å². The Hall–Kier alpha value is -1.22. The zero-order valence-electron chi connectivity index (χ0n) is 10.2. The van der Waals surface area contributed by atoms with Gasteiger partial charge in [-0.3, -0.25) is 9.97 Å². The van der Waals surface area contributed by atoms with Gasteiger partial charge in [-0.15, -0.1) is 0 Å². The summed E-state index contributed by atoms with van der Waals surface area (Å²) in [6, 6.07) is 7.99. The SMILES string of the molecule is CC(C)(C)c1cccnc1-c1ncccc1Br. The van der Waals surface area contributed by atoms with Gasteiger partial charge in [0.2, 0.25) is 0 Å². The topological polar surface area (TPSA) is 25.8 Å². The molecule has 3 heteroatoms. The van der Waals surface area contributed by atoms with Crippen molar-refractivity contribution in [2.24, 2.45) is 0 Å². The van der Waals surface area contributed by atoms with Gasteiger partial charge in [0.15, 0.2) is 0 Å². The van der Waals surface area contributed by atoms with Crippen LogP contribution < -0.4 is 0 Å². The third-order valence-electron chi connectivity index (χ3n) is 2.60. The molecule has 0 bridgehead atoms. The summed E-state index contributed by atoms with van der Waals surface area (Å²) in [7, 11) is 0. The molecule has 0 saturated carbocycles. The quantitative estimate of drug-likeness (QED) is 0.786. The summed E-state index contributed by atoms with van der Waals surface area (Å²) in [6.45, 7) is 6.55. The van der Waals surface area contributed by atoms with Crippen LogP contribution in [0.3, 0.4) is 0 Å². The molecule has 0 atom stereocenters. The molecule has 0 unspecified atom stereocenters. The Kier molecular flexibility index (Phi) is 3.29. The number of halogens is 1. The zero-order chi connectivity index (χ0) is 12.5. The van der Waals surface area contributed by atoms with Gasteiger partial charge in [0.1, 0.15) is 5.69 Å². The van der Waals surface area contributed by atoms with Crippen LogP contribution in [0, 0.1) is 0 Å². The molecule has 88 valence electrons. The highest BCUT2D eigenvalue weighted by Crippen LogP contribution is 2.33. The van der Waals surface area contributed by atoms with Gasteiger partial charge in [-0.2, -0.15) is 0 Å². The van der Waals surface area contributed by atoms with Crippen LogP contribution in [0.1, 0.15) is 26.3 Å². The normalized spacial score (nSPS) is 11.5. The Bertz CT molecular complexity index is 530. The standard InChI is InChI=1S/C14H15BrN2/c1-14(2,3)10-6-4-8-16-12(10)13-11(15)7-5-9-17-13/h4-9H,1-3H3. The van der Waals surface area contributed by atoms with E-state index in [2.05, 4.69) is 52.7 Å². The van der Waals surface area contributed by atoms with Crippen LogP contribution in [-0.2, 0) is 5.41 Å². The van der Waals surface area contributed by atoms with Crippen LogP contribution in [0.25, 0.3) is 11.4 Å². The number of aromatic nitrogens is 2. The molecule has 0 aliphatic carbocycles. The third kappa shape index (κ3) is 2.55. The predicted octanol–water partition coefficient (Wildman–Crippen LogP) is 4.20. The summed E-state index contributed by atoms with van der Waals surface area (Å²) < 4.78 is 0.976. The first-order chi connectivity index (χ1) is 8.00. The number of hydrogen-bond donors (Lipinski definition) is 0. The number of rotatable bonds is 1. The average molecular weight is 291 g/mol. The van der Waals surface area contributed by atoms with E-state index < -0.39 is 0 Å². The molecule has 0 fully saturated rings. The Morgan fingerprint density at radius 1 is 0.941 bits per heavy atom. The second-order valence-corrected chi connectivity index (χ2v) is 5.84. The molecule has 0 aliphatic rings. The van der Waals surface area contributed by atoms with Gasteiger partial charge in [0, 0.05) is 16.9 Å². The summed E-state index contributed by atoms with van der Waals surface area (Å²) in [5.74, 6) is 0. The lowest BCUT2D eigenvalue weighted by Crippen LogP contribution is -2.13. The average Bonchev–Trinajstić information content (AvgIpc) is 2.28. The van der Waals surface area contributed by atoms with Crippen molar-refractivity contribution in [3.05, 3.63) is 46.7 Å². The second kappa shape index (κ2) is 4.57. The molecule has 2 aromatic heterocycles. The fourth-order valence-corrected chi connectivity index (χ4v) is 2.20. The fourth-order valence-electron chi connectivity index (χ4n) is 1.76. The highest BCUT2D eigenvalue weighted by molar-refractivity contribution is 9.10. The van der Waals surface area contributed by atoms with Crippen LogP contribution >= 0.6 is 15.9 Å². The van der Waals surface area contributed by atoms with E-state index in [1.807, 2.05) is 24.4 Å². The van der Waals surface area contributed by atoms with E-state index in [9.17, 15) is 0 Å². The molecule has 0 saturated heterocycles. The summed E-state index contributed by atoms with van der Waals surface area (Å²) in [4.78, 5) is 8.90. The van der Waals surface area contributed by atoms with Crippen LogP contribution in [0.2, 0.25) is 0 Å². The lowest BCUT2D eigenvalue weighted by molar-refractivity contribution is 0.589.